The minimum absolute atomic E-state index is 0.436. The Morgan fingerprint density at radius 1 is 1.04 bits per heavy atom. The zero-order valence-electron chi connectivity index (χ0n) is 14.9. The molecule has 1 unspecified atom stereocenters. The average molecular weight is 338 g/mol. The van der Waals surface area contributed by atoms with Crippen molar-refractivity contribution < 1.29 is 4.74 Å². The van der Waals surface area contributed by atoms with Crippen LogP contribution in [0.15, 0.2) is 36.7 Å². The van der Waals surface area contributed by atoms with Gasteiger partial charge in [-0.25, -0.2) is 9.97 Å². The van der Waals surface area contributed by atoms with Gasteiger partial charge >= 0.3 is 6.01 Å². The summed E-state index contributed by atoms with van der Waals surface area (Å²) in [6, 6.07) is 10.1. The smallest absolute Gasteiger partial charge is 0.316 e. The standard InChI is InChI=1S/C20H26N4O/c1-25-20-21-13-16(14-22-20)15-23-8-10-24(11-9-23)19-7-6-17-4-2-3-5-18(17)12-19/h2-5,13-14,19H,6-12,15H2,1H3. The average Bonchev–Trinajstić information content (AvgIpc) is 2.69. The number of nitrogens with zero attached hydrogens (tertiary/aromatic N) is 4. The van der Waals surface area contributed by atoms with Gasteiger partial charge in [0.05, 0.1) is 7.11 Å². The zero-order valence-corrected chi connectivity index (χ0v) is 14.9. The van der Waals surface area contributed by atoms with Crippen LogP contribution in [0.4, 0.5) is 0 Å². The van der Waals surface area contributed by atoms with Crippen molar-refractivity contribution in [2.24, 2.45) is 0 Å². The third kappa shape index (κ3) is 3.83. The van der Waals surface area contributed by atoms with Gasteiger partial charge in [0.1, 0.15) is 0 Å². The molecule has 1 aromatic carbocycles. The van der Waals surface area contributed by atoms with E-state index in [2.05, 4.69) is 44.0 Å². The first kappa shape index (κ1) is 16.5. The third-order valence-corrected chi connectivity index (χ3v) is 5.51. The van der Waals surface area contributed by atoms with Gasteiger partial charge in [0.15, 0.2) is 0 Å². The second-order valence-electron chi connectivity index (χ2n) is 7.06. The van der Waals surface area contributed by atoms with Gasteiger partial charge in [-0.1, -0.05) is 24.3 Å². The summed E-state index contributed by atoms with van der Waals surface area (Å²) in [5, 5.41) is 0. The quantitative estimate of drug-likeness (QED) is 0.854. The fourth-order valence-electron chi connectivity index (χ4n) is 4.07. The molecule has 132 valence electrons. The second kappa shape index (κ2) is 7.50. The topological polar surface area (TPSA) is 41.5 Å². The molecule has 0 bridgehead atoms. The minimum atomic E-state index is 0.436. The van der Waals surface area contributed by atoms with E-state index in [1.807, 2.05) is 12.4 Å². The molecule has 1 fully saturated rings. The molecule has 1 saturated heterocycles. The molecule has 1 aliphatic heterocycles. The van der Waals surface area contributed by atoms with E-state index in [9.17, 15) is 0 Å². The van der Waals surface area contributed by atoms with Gasteiger partial charge in [0, 0.05) is 56.7 Å². The van der Waals surface area contributed by atoms with Crippen LogP contribution >= 0.6 is 0 Å². The van der Waals surface area contributed by atoms with Crippen LogP contribution in [0.3, 0.4) is 0 Å². The van der Waals surface area contributed by atoms with Gasteiger partial charge in [-0.3, -0.25) is 9.80 Å². The maximum atomic E-state index is 5.02. The molecule has 1 aromatic heterocycles. The first-order valence-electron chi connectivity index (χ1n) is 9.20. The molecule has 0 saturated carbocycles. The predicted molar refractivity (Wildman–Crippen MR) is 97.7 cm³/mol. The molecule has 0 amide bonds. The van der Waals surface area contributed by atoms with Crippen molar-refractivity contribution in [1.29, 1.82) is 0 Å². The van der Waals surface area contributed by atoms with Crippen molar-refractivity contribution >= 4 is 0 Å². The molecular formula is C20H26N4O. The van der Waals surface area contributed by atoms with Crippen molar-refractivity contribution in [3.05, 3.63) is 53.3 Å². The molecule has 0 spiro atoms. The molecule has 2 heterocycles. The summed E-state index contributed by atoms with van der Waals surface area (Å²) in [6.07, 6.45) is 7.47. The van der Waals surface area contributed by atoms with Crippen LogP contribution in [0, 0.1) is 0 Å². The van der Waals surface area contributed by atoms with E-state index in [0.717, 1.165) is 38.3 Å². The van der Waals surface area contributed by atoms with Gasteiger partial charge in [0.25, 0.3) is 0 Å². The summed E-state index contributed by atoms with van der Waals surface area (Å²) in [7, 11) is 1.60. The molecule has 5 heteroatoms. The summed E-state index contributed by atoms with van der Waals surface area (Å²) in [5.41, 5.74) is 4.26. The Morgan fingerprint density at radius 2 is 1.76 bits per heavy atom. The summed E-state index contributed by atoms with van der Waals surface area (Å²) in [4.78, 5) is 13.6. The number of ether oxygens (including phenoxy) is 1. The number of fused-ring (bicyclic) bond motifs is 1. The number of piperazine rings is 1. The van der Waals surface area contributed by atoms with Gasteiger partial charge < -0.3 is 4.74 Å². The Bertz CT molecular complexity index is 695. The number of methoxy groups -OCH3 is 1. The molecule has 4 rings (SSSR count). The van der Waals surface area contributed by atoms with Crippen LogP contribution in [0.1, 0.15) is 23.1 Å². The third-order valence-electron chi connectivity index (χ3n) is 5.51. The molecular weight excluding hydrogens is 312 g/mol. The Balaban J connectivity index is 1.30. The van der Waals surface area contributed by atoms with E-state index >= 15 is 0 Å². The highest BCUT2D eigenvalue weighted by atomic mass is 16.5. The lowest BCUT2D eigenvalue weighted by Gasteiger charge is -2.41. The lowest BCUT2D eigenvalue weighted by molar-refractivity contribution is 0.0855. The largest absolute Gasteiger partial charge is 0.467 e. The predicted octanol–water partition coefficient (Wildman–Crippen LogP) is 2.16. The van der Waals surface area contributed by atoms with Crippen LogP contribution in [-0.4, -0.2) is 59.1 Å². The van der Waals surface area contributed by atoms with E-state index in [0.29, 0.717) is 12.1 Å². The highest BCUT2D eigenvalue weighted by Crippen LogP contribution is 2.25. The highest BCUT2D eigenvalue weighted by Gasteiger charge is 2.27. The highest BCUT2D eigenvalue weighted by molar-refractivity contribution is 5.30. The molecule has 2 aliphatic rings. The van der Waals surface area contributed by atoms with Crippen molar-refractivity contribution in [3.63, 3.8) is 0 Å². The van der Waals surface area contributed by atoms with E-state index < -0.39 is 0 Å². The Morgan fingerprint density at radius 3 is 2.48 bits per heavy atom. The molecule has 0 N–H and O–H groups in total. The molecule has 5 nitrogen and oxygen atoms in total. The fraction of sp³-hybridized carbons (Fsp3) is 0.500. The van der Waals surface area contributed by atoms with Crippen molar-refractivity contribution in [1.82, 2.24) is 19.8 Å². The number of hydrogen-bond donors (Lipinski definition) is 0. The molecule has 25 heavy (non-hydrogen) atoms. The van der Waals surface area contributed by atoms with Gasteiger partial charge in [-0.05, 0) is 30.4 Å². The minimum Gasteiger partial charge on any atom is -0.467 e. The van der Waals surface area contributed by atoms with Crippen molar-refractivity contribution in [2.45, 2.75) is 31.8 Å². The van der Waals surface area contributed by atoms with E-state index in [1.54, 1.807) is 18.2 Å². The van der Waals surface area contributed by atoms with Crippen LogP contribution < -0.4 is 4.74 Å². The maximum absolute atomic E-state index is 5.02. The lowest BCUT2D eigenvalue weighted by Crippen LogP contribution is -2.51. The molecule has 0 radical (unpaired) electrons. The van der Waals surface area contributed by atoms with Crippen LogP contribution in [-0.2, 0) is 19.4 Å². The number of aryl methyl sites for hydroxylation is 1. The number of aromatic nitrogens is 2. The first-order valence-corrected chi connectivity index (χ1v) is 9.20. The van der Waals surface area contributed by atoms with Gasteiger partial charge in [-0.2, -0.15) is 0 Å². The summed E-state index contributed by atoms with van der Waals surface area (Å²) in [6.45, 7) is 5.47. The van der Waals surface area contributed by atoms with E-state index in [1.165, 1.54) is 19.3 Å². The Labute approximate surface area is 149 Å². The molecule has 2 aromatic rings. The first-order chi connectivity index (χ1) is 12.3. The van der Waals surface area contributed by atoms with Crippen molar-refractivity contribution in [2.75, 3.05) is 33.3 Å². The normalized spacial score (nSPS) is 21.7. The second-order valence-corrected chi connectivity index (χ2v) is 7.06. The Hall–Kier alpha value is -1.98. The monoisotopic (exact) mass is 338 g/mol. The molecule has 1 atom stereocenters. The fourth-order valence-corrected chi connectivity index (χ4v) is 4.07. The lowest BCUT2D eigenvalue weighted by atomic mass is 9.87. The van der Waals surface area contributed by atoms with Crippen LogP contribution in [0.2, 0.25) is 0 Å². The van der Waals surface area contributed by atoms with Crippen molar-refractivity contribution in [3.8, 4) is 6.01 Å². The van der Waals surface area contributed by atoms with E-state index in [4.69, 9.17) is 4.74 Å². The van der Waals surface area contributed by atoms with Gasteiger partial charge in [0.2, 0.25) is 0 Å². The number of benzene rings is 1. The van der Waals surface area contributed by atoms with Crippen LogP contribution in [0.5, 0.6) is 6.01 Å². The summed E-state index contributed by atoms with van der Waals surface area (Å²) in [5.74, 6) is 0. The summed E-state index contributed by atoms with van der Waals surface area (Å²) >= 11 is 0. The van der Waals surface area contributed by atoms with E-state index in [-0.39, 0.29) is 0 Å². The number of hydrogen-bond acceptors (Lipinski definition) is 5. The van der Waals surface area contributed by atoms with Crippen LogP contribution in [0.25, 0.3) is 0 Å². The summed E-state index contributed by atoms with van der Waals surface area (Å²) < 4.78 is 5.02. The zero-order chi connectivity index (χ0) is 17.1. The Kier molecular flexibility index (Phi) is 4.95. The molecule has 1 aliphatic carbocycles. The number of rotatable bonds is 4. The SMILES string of the molecule is COc1ncc(CN2CCN(C3CCc4ccccc4C3)CC2)cn1. The maximum Gasteiger partial charge on any atom is 0.316 e. The van der Waals surface area contributed by atoms with Gasteiger partial charge in [-0.15, -0.1) is 0 Å².